The van der Waals surface area contributed by atoms with Crippen molar-refractivity contribution < 1.29 is 14.4 Å². The highest BCUT2D eigenvalue weighted by Gasteiger charge is 2.21. The number of aromatic amines is 1. The number of carbonyl (C=O) groups excluding carboxylic acids is 3. The Labute approximate surface area is 162 Å². The first-order valence-corrected chi connectivity index (χ1v) is 8.85. The van der Waals surface area contributed by atoms with Crippen LogP contribution < -0.4 is 10.6 Å². The number of nitrogens with zero attached hydrogens (tertiary/aromatic N) is 1. The maximum atomic E-state index is 12.5. The van der Waals surface area contributed by atoms with Crippen LogP contribution in [0.25, 0.3) is 10.9 Å². The summed E-state index contributed by atoms with van der Waals surface area (Å²) in [5, 5.41) is 6.18. The van der Waals surface area contributed by atoms with Gasteiger partial charge in [-0.25, -0.2) is 0 Å². The molecule has 0 saturated heterocycles. The molecule has 7 heteroatoms. The first kappa shape index (κ1) is 19.2. The van der Waals surface area contributed by atoms with Crippen LogP contribution in [-0.4, -0.2) is 41.7 Å². The number of likely N-dealkylation sites (N-methyl/N-ethyl adjacent to an activating group) is 1. The van der Waals surface area contributed by atoms with E-state index in [1.54, 1.807) is 32.2 Å². The standard InChI is InChI=1S/C21H22N4O3/c1-13-15(19(26)22-2)7-5-8-17(13)24-20(27)21(28)25(3)12-14-6-4-9-18-16(14)10-11-23-18/h4-11,23H,12H2,1-3H3,(H,22,26)(H,24,27). The number of H-pyrrole nitrogens is 1. The third-order valence-corrected chi connectivity index (χ3v) is 4.69. The van der Waals surface area contributed by atoms with Crippen molar-refractivity contribution in [1.29, 1.82) is 0 Å². The van der Waals surface area contributed by atoms with E-state index in [-0.39, 0.29) is 5.91 Å². The molecule has 144 valence electrons. The van der Waals surface area contributed by atoms with Crippen molar-refractivity contribution in [2.24, 2.45) is 0 Å². The van der Waals surface area contributed by atoms with Gasteiger partial charge in [0.25, 0.3) is 5.91 Å². The molecule has 0 aliphatic rings. The quantitative estimate of drug-likeness (QED) is 0.609. The number of fused-ring (bicyclic) bond motifs is 1. The second-order valence-corrected chi connectivity index (χ2v) is 6.53. The Kier molecular flexibility index (Phi) is 5.44. The first-order valence-electron chi connectivity index (χ1n) is 8.85. The molecule has 28 heavy (non-hydrogen) atoms. The summed E-state index contributed by atoms with van der Waals surface area (Å²) in [5.41, 5.74) is 3.40. The van der Waals surface area contributed by atoms with Gasteiger partial charge in [0.2, 0.25) is 0 Å². The lowest BCUT2D eigenvalue weighted by Gasteiger charge is -2.18. The lowest BCUT2D eigenvalue weighted by atomic mass is 10.1. The summed E-state index contributed by atoms with van der Waals surface area (Å²) < 4.78 is 0. The molecule has 0 unspecified atom stereocenters. The number of benzene rings is 2. The Bertz CT molecular complexity index is 1050. The van der Waals surface area contributed by atoms with Gasteiger partial charge < -0.3 is 20.5 Å². The summed E-state index contributed by atoms with van der Waals surface area (Å²) >= 11 is 0. The predicted molar refractivity (Wildman–Crippen MR) is 108 cm³/mol. The molecule has 7 nitrogen and oxygen atoms in total. The molecule has 2 aromatic carbocycles. The second-order valence-electron chi connectivity index (χ2n) is 6.53. The van der Waals surface area contributed by atoms with E-state index in [9.17, 15) is 14.4 Å². The number of carbonyl (C=O) groups is 3. The number of amides is 3. The van der Waals surface area contributed by atoms with Crippen LogP contribution >= 0.6 is 0 Å². The first-order chi connectivity index (χ1) is 13.4. The van der Waals surface area contributed by atoms with Gasteiger partial charge in [-0.2, -0.15) is 0 Å². The monoisotopic (exact) mass is 378 g/mol. The van der Waals surface area contributed by atoms with Crippen LogP contribution in [0.4, 0.5) is 5.69 Å². The minimum Gasteiger partial charge on any atom is -0.361 e. The molecule has 0 fully saturated rings. The van der Waals surface area contributed by atoms with Crippen molar-refractivity contribution in [1.82, 2.24) is 15.2 Å². The third-order valence-electron chi connectivity index (χ3n) is 4.69. The van der Waals surface area contributed by atoms with Crippen LogP contribution in [0.2, 0.25) is 0 Å². The maximum Gasteiger partial charge on any atom is 0.313 e. The zero-order chi connectivity index (χ0) is 20.3. The molecule has 0 atom stereocenters. The van der Waals surface area contributed by atoms with Crippen molar-refractivity contribution in [3.8, 4) is 0 Å². The zero-order valence-electron chi connectivity index (χ0n) is 16.0. The smallest absolute Gasteiger partial charge is 0.313 e. The van der Waals surface area contributed by atoms with E-state index >= 15 is 0 Å². The Balaban J connectivity index is 1.73. The highest BCUT2D eigenvalue weighted by atomic mass is 16.2. The normalized spacial score (nSPS) is 10.5. The van der Waals surface area contributed by atoms with E-state index < -0.39 is 11.8 Å². The molecule has 3 aromatic rings. The van der Waals surface area contributed by atoms with Gasteiger partial charge in [0.15, 0.2) is 0 Å². The molecular formula is C21H22N4O3. The predicted octanol–water partition coefficient (Wildman–Crippen LogP) is 2.43. The summed E-state index contributed by atoms with van der Waals surface area (Å²) in [6, 6.07) is 12.7. The average molecular weight is 378 g/mol. The summed E-state index contributed by atoms with van der Waals surface area (Å²) in [4.78, 5) is 41.4. The van der Waals surface area contributed by atoms with Gasteiger partial charge in [0, 0.05) is 49.0 Å². The summed E-state index contributed by atoms with van der Waals surface area (Å²) in [6.45, 7) is 2.03. The number of anilines is 1. The van der Waals surface area contributed by atoms with Crippen LogP contribution in [-0.2, 0) is 16.1 Å². The van der Waals surface area contributed by atoms with Crippen LogP contribution in [0.3, 0.4) is 0 Å². The van der Waals surface area contributed by atoms with Gasteiger partial charge in [0.05, 0.1) is 0 Å². The molecule has 0 radical (unpaired) electrons. The summed E-state index contributed by atoms with van der Waals surface area (Å²) in [6.07, 6.45) is 1.84. The van der Waals surface area contributed by atoms with Crippen molar-refractivity contribution >= 4 is 34.3 Å². The number of aromatic nitrogens is 1. The largest absolute Gasteiger partial charge is 0.361 e. The van der Waals surface area contributed by atoms with Gasteiger partial charge in [-0.05, 0) is 42.3 Å². The average Bonchev–Trinajstić information content (AvgIpc) is 3.18. The molecule has 1 aromatic heterocycles. The van der Waals surface area contributed by atoms with Crippen LogP contribution in [0.5, 0.6) is 0 Å². The topological polar surface area (TPSA) is 94.3 Å². The van der Waals surface area contributed by atoms with Crippen LogP contribution in [0.1, 0.15) is 21.5 Å². The van der Waals surface area contributed by atoms with Gasteiger partial charge in [0.1, 0.15) is 0 Å². The fourth-order valence-corrected chi connectivity index (χ4v) is 3.12. The van der Waals surface area contributed by atoms with Gasteiger partial charge in [-0.1, -0.05) is 18.2 Å². The lowest BCUT2D eigenvalue weighted by Crippen LogP contribution is -2.37. The van der Waals surface area contributed by atoms with Crippen LogP contribution in [0, 0.1) is 6.92 Å². The van der Waals surface area contributed by atoms with E-state index in [4.69, 9.17) is 0 Å². The van der Waals surface area contributed by atoms with Crippen molar-refractivity contribution in [2.75, 3.05) is 19.4 Å². The SMILES string of the molecule is CNC(=O)c1cccc(NC(=O)C(=O)N(C)Cc2cccc3[nH]ccc23)c1C. The van der Waals surface area contributed by atoms with E-state index in [1.807, 2.05) is 30.5 Å². The summed E-state index contributed by atoms with van der Waals surface area (Å²) in [5.74, 6) is -1.66. The van der Waals surface area contributed by atoms with Crippen LogP contribution in [0.15, 0.2) is 48.7 Å². The number of nitrogens with one attached hydrogen (secondary N) is 3. The molecule has 3 rings (SSSR count). The van der Waals surface area contributed by atoms with Gasteiger partial charge >= 0.3 is 11.8 Å². The molecular weight excluding hydrogens is 356 g/mol. The van der Waals surface area contributed by atoms with Crippen molar-refractivity contribution in [2.45, 2.75) is 13.5 Å². The molecule has 3 N–H and O–H groups in total. The lowest BCUT2D eigenvalue weighted by molar-refractivity contribution is -0.142. The summed E-state index contributed by atoms with van der Waals surface area (Å²) in [7, 11) is 3.12. The highest BCUT2D eigenvalue weighted by Crippen LogP contribution is 2.20. The molecule has 0 aliphatic carbocycles. The Morgan fingerprint density at radius 3 is 2.57 bits per heavy atom. The second kappa shape index (κ2) is 7.96. The third kappa shape index (κ3) is 3.73. The molecule has 0 spiro atoms. The minimum atomic E-state index is -0.749. The number of hydrogen-bond acceptors (Lipinski definition) is 3. The number of hydrogen-bond donors (Lipinski definition) is 3. The highest BCUT2D eigenvalue weighted by molar-refractivity contribution is 6.39. The molecule has 3 amide bonds. The molecule has 0 aliphatic heterocycles. The number of rotatable bonds is 4. The van der Waals surface area contributed by atoms with Crippen molar-refractivity contribution in [3.63, 3.8) is 0 Å². The Morgan fingerprint density at radius 1 is 1.07 bits per heavy atom. The van der Waals surface area contributed by atoms with E-state index in [2.05, 4.69) is 15.6 Å². The van der Waals surface area contributed by atoms with Gasteiger partial charge in [-0.3, -0.25) is 14.4 Å². The Morgan fingerprint density at radius 2 is 1.82 bits per heavy atom. The zero-order valence-corrected chi connectivity index (χ0v) is 16.0. The van der Waals surface area contributed by atoms with Gasteiger partial charge in [-0.15, -0.1) is 0 Å². The molecule has 0 saturated carbocycles. The molecule has 0 bridgehead atoms. The maximum absolute atomic E-state index is 12.5. The fourth-order valence-electron chi connectivity index (χ4n) is 3.12. The van der Waals surface area contributed by atoms with E-state index in [0.717, 1.165) is 16.5 Å². The van der Waals surface area contributed by atoms with E-state index in [1.165, 1.54) is 11.9 Å². The van der Waals surface area contributed by atoms with Crippen molar-refractivity contribution in [3.05, 3.63) is 65.4 Å². The minimum absolute atomic E-state index is 0.253. The van der Waals surface area contributed by atoms with E-state index in [0.29, 0.717) is 23.4 Å². The molecule has 1 heterocycles. The fraction of sp³-hybridized carbons (Fsp3) is 0.190. The Hall–Kier alpha value is -3.61.